The minimum atomic E-state index is -0.514. The third-order valence-electron chi connectivity index (χ3n) is 3.88. The number of benzene rings is 2. The zero-order valence-electron chi connectivity index (χ0n) is 14.5. The SMILES string of the molecule is O=C(NCCc1ccccc1)c1ccnc(C(=O)Nc2cccc(F)c2)c1. The molecular formula is C21H18FN3O2. The fourth-order valence-electron chi connectivity index (χ4n) is 2.52. The first kappa shape index (κ1) is 18.3. The maximum absolute atomic E-state index is 13.2. The molecule has 0 fully saturated rings. The number of hydrogen-bond acceptors (Lipinski definition) is 3. The Morgan fingerprint density at radius 1 is 0.926 bits per heavy atom. The van der Waals surface area contributed by atoms with E-state index in [0.29, 0.717) is 24.2 Å². The molecule has 136 valence electrons. The second-order valence-electron chi connectivity index (χ2n) is 5.89. The van der Waals surface area contributed by atoms with Crippen LogP contribution in [-0.2, 0) is 6.42 Å². The van der Waals surface area contributed by atoms with Gasteiger partial charge in [-0.2, -0.15) is 0 Å². The third kappa shape index (κ3) is 5.22. The van der Waals surface area contributed by atoms with Gasteiger partial charge in [0.15, 0.2) is 0 Å². The van der Waals surface area contributed by atoms with Crippen LogP contribution in [0.15, 0.2) is 72.9 Å². The summed E-state index contributed by atoms with van der Waals surface area (Å²) in [6, 6.07) is 18.3. The minimum absolute atomic E-state index is 0.0787. The van der Waals surface area contributed by atoms with E-state index in [0.717, 1.165) is 5.56 Å². The lowest BCUT2D eigenvalue weighted by Crippen LogP contribution is -2.26. The van der Waals surface area contributed by atoms with Crippen LogP contribution in [0.1, 0.15) is 26.4 Å². The summed E-state index contributed by atoms with van der Waals surface area (Å²) in [6.07, 6.45) is 2.11. The van der Waals surface area contributed by atoms with Crippen LogP contribution in [0.3, 0.4) is 0 Å². The van der Waals surface area contributed by atoms with Crippen LogP contribution >= 0.6 is 0 Å². The summed E-state index contributed by atoms with van der Waals surface area (Å²) in [5.74, 6) is -1.25. The van der Waals surface area contributed by atoms with E-state index < -0.39 is 11.7 Å². The standard InChI is InChI=1S/C21H18FN3O2/c22-17-7-4-8-18(14-17)25-21(27)19-13-16(10-12-23-19)20(26)24-11-9-15-5-2-1-3-6-15/h1-8,10,12-14H,9,11H2,(H,24,26)(H,25,27). The average Bonchev–Trinajstić information content (AvgIpc) is 2.69. The van der Waals surface area contributed by atoms with Crippen molar-refractivity contribution in [1.82, 2.24) is 10.3 Å². The highest BCUT2D eigenvalue weighted by atomic mass is 19.1. The Balaban J connectivity index is 1.60. The number of nitrogens with one attached hydrogen (secondary N) is 2. The predicted molar refractivity (Wildman–Crippen MR) is 101 cm³/mol. The monoisotopic (exact) mass is 363 g/mol. The van der Waals surface area contributed by atoms with Crippen LogP contribution < -0.4 is 10.6 Å². The molecule has 2 aromatic carbocycles. The van der Waals surface area contributed by atoms with Gasteiger partial charge in [0.2, 0.25) is 0 Å². The zero-order valence-corrected chi connectivity index (χ0v) is 14.5. The first-order chi connectivity index (χ1) is 13.1. The van der Waals surface area contributed by atoms with E-state index >= 15 is 0 Å². The molecule has 2 N–H and O–H groups in total. The summed E-state index contributed by atoms with van der Waals surface area (Å²) in [5, 5.41) is 5.38. The lowest BCUT2D eigenvalue weighted by molar-refractivity contribution is 0.0954. The summed E-state index contributed by atoms with van der Waals surface area (Å²) in [4.78, 5) is 28.5. The van der Waals surface area contributed by atoms with Crippen LogP contribution in [0, 0.1) is 5.82 Å². The maximum Gasteiger partial charge on any atom is 0.274 e. The van der Waals surface area contributed by atoms with Gasteiger partial charge in [0.1, 0.15) is 11.5 Å². The number of anilines is 1. The number of pyridine rings is 1. The molecule has 0 atom stereocenters. The Kier molecular flexibility index (Phi) is 5.89. The van der Waals surface area contributed by atoms with Crippen LogP contribution in [0.2, 0.25) is 0 Å². The first-order valence-electron chi connectivity index (χ1n) is 8.47. The Labute approximate surface area is 156 Å². The highest BCUT2D eigenvalue weighted by Crippen LogP contribution is 2.11. The molecule has 3 aromatic rings. The van der Waals surface area contributed by atoms with Crippen LogP contribution in [0.4, 0.5) is 10.1 Å². The second kappa shape index (κ2) is 8.71. The van der Waals surface area contributed by atoms with Gasteiger partial charge in [-0.1, -0.05) is 36.4 Å². The molecule has 6 heteroatoms. The molecule has 5 nitrogen and oxygen atoms in total. The van der Waals surface area contributed by atoms with Crippen molar-refractivity contribution < 1.29 is 14.0 Å². The second-order valence-corrected chi connectivity index (χ2v) is 5.89. The van der Waals surface area contributed by atoms with Crippen molar-refractivity contribution in [2.45, 2.75) is 6.42 Å². The minimum Gasteiger partial charge on any atom is -0.352 e. The molecule has 0 bridgehead atoms. The van der Waals surface area contributed by atoms with Crippen LogP contribution in [0.5, 0.6) is 0 Å². The van der Waals surface area contributed by atoms with Gasteiger partial charge in [-0.15, -0.1) is 0 Å². The number of carbonyl (C=O) groups is 2. The number of amides is 2. The predicted octanol–water partition coefficient (Wildman–Crippen LogP) is 3.45. The van der Waals surface area contributed by atoms with E-state index in [4.69, 9.17) is 0 Å². The molecule has 0 aliphatic rings. The van der Waals surface area contributed by atoms with Crippen LogP contribution in [-0.4, -0.2) is 23.3 Å². The smallest absolute Gasteiger partial charge is 0.274 e. The fraction of sp³-hybridized carbons (Fsp3) is 0.0952. The fourth-order valence-corrected chi connectivity index (χ4v) is 2.52. The van der Waals surface area contributed by atoms with Crippen molar-refractivity contribution in [3.05, 3.63) is 95.6 Å². The van der Waals surface area contributed by atoms with Gasteiger partial charge in [-0.25, -0.2) is 4.39 Å². The topological polar surface area (TPSA) is 71.1 Å². The van der Waals surface area contributed by atoms with Crippen molar-refractivity contribution in [2.24, 2.45) is 0 Å². The quantitative estimate of drug-likeness (QED) is 0.705. The van der Waals surface area contributed by atoms with Gasteiger partial charge >= 0.3 is 0 Å². The molecule has 1 heterocycles. The molecule has 3 rings (SSSR count). The Bertz CT molecular complexity index is 945. The number of rotatable bonds is 6. The summed E-state index contributed by atoms with van der Waals surface area (Å²) in [7, 11) is 0. The summed E-state index contributed by atoms with van der Waals surface area (Å²) >= 11 is 0. The van der Waals surface area contributed by atoms with E-state index in [1.807, 2.05) is 30.3 Å². The maximum atomic E-state index is 13.2. The number of hydrogen-bond donors (Lipinski definition) is 2. The lowest BCUT2D eigenvalue weighted by atomic mass is 10.1. The molecule has 0 aliphatic heterocycles. The molecule has 0 radical (unpaired) electrons. The molecule has 27 heavy (non-hydrogen) atoms. The highest BCUT2D eigenvalue weighted by Gasteiger charge is 2.12. The van der Waals surface area contributed by atoms with Crippen molar-refractivity contribution in [2.75, 3.05) is 11.9 Å². The van der Waals surface area contributed by atoms with Crippen molar-refractivity contribution in [3.8, 4) is 0 Å². The van der Waals surface area contributed by atoms with Gasteiger partial charge in [0.05, 0.1) is 0 Å². The molecule has 0 unspecified atom stereocenters. The van der Waals surface area contributed by atoms with Gasteiger partial charge in [-0.05, 0) is 42.3 Å². The van der Waals surface area contributed by atoms with Gasteiger partial charge < -0.3 is 10.6 Å². The summed E-state index contributed by atoms with van der Waals surface area (Å²) < 4.78 is 13.2. The largest absolute Gasteiger partial charge is 0.352 e. The number of nitrogens with zero attached hydrogens (tertiary/aromatic N) is 1. The van der Waals surface area contributed by atoms with Gasteiger partial charge in [0, 0.05) is 24.0 Å². The molecular weight excluding hydrogens is 345 g/mol. The number of carbonyl (C=O) groups excluding carboxylic acids is 2. The first-order valence-corrected chi connectivity index (χ1v) is 8.47. The van der Waals surface area contributed by atoms with Gasteiger partial charge in [0.25, 0.3) is 11.8 Å². The molecule has 0 aliphatic carbocycles. The molecule has 0 saturated heterocycles. The molecule has 1 aromatic heterocycles. The highest BCUT2D eigenvalue weighted by molar-refractivity contribution is 6.04. The van der Waals surface area contributed by atoms with Gasteiger partial charge in [-0.3, -0.25) is 14.6 Å². The average molecular weight is 363 g/mol. The van der Waals surface area contributed by atoms with Crippen molar-refractivity contribution in [3.63, 3.8) is 0 Å². The van der Waals surface area contributed by atoms with E-state index in [9.17, 15) is 14.0 Å². The van der Waals surface area contributed by atoms with Crippen molar-refractivity contribution >= 4 is 17.5 Å². The Morgan fingerprint density at radius 3 is 2.52 bits per heavy atom. The Morgan fingerprint density at radius 2 is 1.74 bits per heavy atom. The van der Waals surface area contributed by atoms with Crippen molar-refractivity contribution in [1.29, 1.82) is 0 Å². The van der Waals surface area contributed by atoms with E-state index in [-0.39, 0.29) is 11.6 Å². The van der Waals surface area contributed by atoms with E-state index in [1.54, 1.807) is 6.07 Å². The van der Waals surface area contributed by atoms with E-state index in [2.05, 4.69) is 15.6 Å². The molecule has 0 saturated carbocycles. The lowest BCUT2D eigenvalue weighted by Gasteiger charge is -2.08. The summed E-state index contributed by atoms with van der Waals surface area (Å²) in [6.45, 7) is 0.482. The third-order valence-corrected chi connectivity index (χ3v) is 3.88. The normalized spacial score (nSPS) is 10.3. The molecule has 0 spiro atoms. The van der Waals surface area contributed by atoms with E-state index in [1.165, 1.54) is 36.5 Å². The Hall–Kier alpha value is -3.54. The number of aromatic nitrogens is 1. The number of halogens is 1. The molecule has 2 amide bonds. The summed E-state index contributed by atoms with van der Waals surface area (Å²) in [5.41, 5.74) is 1.86. The van der Waals surface area contributed by atoms with Crippen LogP contribution in [0.25, 0.3) is 0 Å². The zero-order chi connectivity index (χ0) is 19.1.